The maximum Gasteiger partial charge on any atom is 0.255 e. The second-order valence-electron chi connectivity index (χ2n) is 8.79. The van der Waals surface area contributed by atoms with E-state index < -0.39 is 11.5 Å². The monoisotopic (exact) mass is 486 g/mol. The molecule has 9 heteroatoms. The number of hydrogen-bond acceptors (Lipinski definition) is 7. The molecule has 1 aliphatic heterocycles. The van der Waals surface area contributed by atoms with Crippen LogP contribution in [0.3, 0.4) is 0 Å². The molecule has 1 saturated carbocycles. The van der Waals surface area contributed by atoms with Crippen LogP contribution < -0.4 is 10.6 Å². The zero-order chi connectivity index (χ0) is 24.7. The summed E-state index contributed by atoms with van der Waals surface area (Å²) in [6, 6.07) is 7.38. The molecular formula is C25H34N4O4S. The Bertz CT molecular complexity index is 983. The topological polar surface area (TPSA) is 103 Å². The van der Waals surface area contributed by atoms with Crippen molar-refractivity contribution in [2.45, 2.75) is 64.2 Å². The third kappa shape index (κ3) is 6.87. The highest BCUT2D eigenvalue weighted by atomic mass is 32.2. The number of nitrogens with one attached hydrogen (secondary N) is 2. The molecule has 0 aromatic heterocycles. The van der Waals surface area contributed by atoms with E-state index in [4.69, 9.17) is 4.74 Å². The molecule has 1 fully saturated rings. The van der Waals surface area contributed by atoms with E-state index >= 15 is 0 Å². The molecule has 1 aliphatic carbocycles. The van der Waals surface area contributed by atoms with E-state index in [1.807, 2.05) is 25.3 Å². The molecule has 2 amide bonds. The molecule has 1 aromatic carbocycles. The Morgan fingerprint density at radius 2 is 2.09 bits per heavy atom. The number of fused-ring (bicyclic) bond motifs is 1. The number of rotatable bonds is 10. The number of carbonyl (C=O) groups is 2. The first-order chi connectivity index (χ1) is 16.2. The number of aliphatic hydroxyl groups is 1. The average Bonchev–Trinajstić information content (AvgIpc) is 3.38. The van der Waals surface area contributed by atoms with Crippen LogP contribution in [0.5, 0.6) is 0 Å². The summed E-state index contributed by atoms with van der Waals surface area (Å²) in [5.74, 6) is 0.116. The average molecular weight is 487 g/mol. The van der Waals surface area contributed by atoms with Crippen LogP contribution in [0, 0.1) is 0 Å². The fourth-order valence-electron chi connectivity index (χ4n) is 3.82. The predicted octanol–water partition coefficient (Wildman–Crippen LogP) is 4.11. The van der Waals surface area contributed by atoms with Crippen LogP contribution in [0.1, 0.15) is 46.5 Å². The first-order valence-electron chi connectivity index (χ1n) is 11.6. The second-order valence-corrected chi connectivity index (χ2v) is 9.62. The molecule has 1 heterocycles. The fourth-order valence-corrected chi connectivity index (χ4v) is 4.49. The molecular weight excluding hydrogens is 452 g/mol. The molecule has 0 saturated heterocycles. The number of ether oxygens (including phenoxy) is 1. The predicted molar refractivity (Wildman–Crippen MR) is 138 cm³/mol. The number of nitrogens with zero attached hydrogens (tertiary/aromatic N) is 2. The summed E-state index contributed by atoms with van der Waals surface area (Å²) >= 11 is 1.50. The second kappa shape index (κ2) is 11.6. The van der Waals surface area contributed by atoms with Crippen LogP contribution in [-0.4, -0.2) is 58.3 Å². The highest BCUT2D eigenvalue weighted by Crippen LogP contribution is 2.31. The first kappa shape index (κ1) is 25.8. The number of amides is 2. The largest absolute Gasteiger partial charge is 0.472 e. The number of carbonyl (C=O) groups excluding carboxylic acids is 2. The molecule has 34 heavy (non-hydrogen) atoms. The molecule has 1 aromatic rings. The molecule has 0 radical (unpaired) electrons. The quantitative estimate of drug-likeness (QED) is 0.460. The van der Waals surface area contributed by atoms with E-state index in [-0.39, 0.29) is 24.5 Å². The lowest BCUT2D eigenvalue weighted by Gasteiger charge is -2.22. The van der Waals surface area contributed by atoms with E-state index in [1.165, 1.54) is 25.6 Å². The van der Waals surface area contributed by atoms with Gasteiger partial charge in [-0.3, -0.25) is 9.59 Å². The SMILES string of the molecule is CCN(C(=O)C/C=C\Nc1cccc(NC(=O)C(C)(C)O)c1)/C(=C/C1=N[C@H]2CCC[C@H]2O1)SC. The van der Waals surface area contributed by atoms with Crippen LogP contribution in [0.2, 0.25) is 0 Å². The molecule has 3 N–H and O–H groups in total. The summed E-state index contributed by atoms with van der Waals surface area (Å²) in [6.45, 7) is 5.36. The summed E-state index contributed by atoms with van der Waals surface area (Å²) in [5, 5.41) is 16.4. The maximum atomic E-state index is 12.9. The van der Waals surface area contributed by atoms with Crippen molar-refractivity contribution in [3.05, 3.63) is 47.6 Å². The van der Waals surface area contributed by atoms with Crippen LogP contribution in [0.4, 0.5) is 11.4 Å². The van der Waals surface area contributed by atoms with Gasteiger partial charge in [0.05, 0.1) is 11.1 Å². The van der Waals surface area contributed by atoms with Gasteiger partial charge in [0.25, 0.3) is 5.91 Å². The minimum atomic E-state index is -1.46. The summed E-state index contributed by atoms with van der Waals surface area (Å²) in [7, 11) is 0. The number of thioether (sulfide) groups is 1. The Hall–Kier alpha value is -2.78. The lowest BCUT2D eigenvalue weighted by molar-refractivity contribution is -0.130. The normalized spacial score (nSPS) is 20.0. The maximum absolute atomic E-state index is 12.9. The van der Waals surface area contributed by atoms with Gasteiger partial charge in [0, 0.05) is 30.4 Å². The number of aliphatic imine (C=N–C) groups is 1. The van der Waals surface area contributed by atoms with Crippen LogP contribution in [-0.2, 0) is 14.3 Å². The van der Waals surface area contributed by atoms with Crippen molar-refractivity contribution in [3.63, 3.8) is 0 Å². The third-order valence-electron chi connectivity index (χ3n) is 5.66. The summed E-state index contributed by atoms with van der Waals surface area (Å²) in [6.07, 6.45) is 11.0. The molecule has 2 atom stereocenters. The fraction of sp³-hybridized carbons (Fsp3) is 0.480. The number of benzene rings is 1. The standard InChI is InChI=1S/C25H34N4O4S/c1-5-29(23(34-4)16-21-28-19-11-7-12-20(19)33-21)22(30)13-8-14-26-17-9-6-10-18(15-17)27-24(31)25(2,3)32/h6,8-10,14-16,19-20,26,32H,5,7,11-13H2,1-4H3,(H,27,31)/b14-8-,23-16-/t19-,20+/m0/s1. The van der Waals surface area contributed by atoms with E-state index in [0.29, 0.717) is 18.1 Å². The van der Waals surface area contributed by atoms with Gasteiger partial charge in [-0.1, -0.05) is 12.1 Å². The molecule has 8 nitrogen and oxygen atoms in total. The van der Waals surface area contributed by atoms with Gasteiger partial charge in [0.2, 0.25) is 11.8 Å². The van der Waals surface area contributed by atoms with E-state index in [0.717, 1.165) is 30.0 Å². The van der Waals surface area contributed by atoms with Gasteiger partial charge in [0.1, 0.15) is 11.7 Å². The minimum absolute atomic E-state index is 0.0221. The van der Waals surface area contributed by atoms with Crippen molar-refractivity contribution >= 4 is 40.8 Å². The Kier molecular flexibility index (Phi) is 8.79. The lowest BCUT2D eigenvalue weighted by atomic mass is 10.1. The van der Waals surface area contributed by atoms with Gasteiger partial charge in [-0.2, -0.15) is 0 Å². The van der Waals surface area contributed by atoms with Gasteiger partial charge >= 0.3 is 0 Å². The van der Waals surface area contributed by atoms with Gasteiger partial charge < -0.3 is 25.4 Å². The molecule has 2 aliphatic rings. The Balaban J connectivity index is 1.55. The molecule has 0 unspecified atom stereocenters. The van der Waals surface area contributed by atoms with Crippen molar-refractivity contribution in [1.82, 2.24) is 4.90 Å². The summed E-state index contributed by atoms with van der Waals surface area (Å²) in [4.78, 5) is 31.2. The van der Waals surface area contributed by atoms with Crippen molar-refractivity contribution in [1.29, 1.82) is 0 Å². The summed E-state index contributed by atoms with van der Waals surface area (Å²) < 4.78 is 5.95. The lowest BCUT2D eigenvalue weighted by Crippen LogP contribution is -2.36. The highest BCUT2D eigenvalue weighted by Gasteiger charge is 2.34. The van der Waals surface area contributed by atoms with Gasteiger partial charge in [0.15, 0.2) is 0 Å². The molecule has 0 bridgehead atoms. The number of anilines is 2. The van der Waals surface area contributed by atoms with Crippen LogP contribution in [0.25, 0.3) is 0 Å². The Morgan fingerprint density at radius 3 is 2.76 bits per heavy atom. The van der Waals surface area contributed by atoms with E-state index in [2.05, 4.69) is 15.6 Å². The van der Waals surface area contributed by atoms with E-state index in [1.54, 1.807) is 35.4 Å². The first-order valence-corrected chi connectivity index (χ1v) is 12.8. The Labute approximate surface area is 205 Å². The van der Waals surface area contributed by atoms with E-state index in [9.17, 15) is 14.7 Å². The van der Waals surface area contributed by atoms with Crippen molar-refractivity contribution in [3.8, 4) is 0 Å². The van der Waals surface area contributed by atoms with Crippen molar-refractivity contribution in [2.24, 2.45) is 4.99 Å². The van der Waals surface area contributed by atoms with Crippen molar-refractivity contribution < 1.29 is 19.4 Å². The van der Waals surface area contributed by atoms with Crippen molar-refractivity contribution in [2.75, 3.05) is 23.4 Å². The van der Waals surface area contributed by atoms with Gasteiger partial charge in [-0.15, -0.1) is 11.8 Å². The zero-order valence-electron chi connectivity index (χ0n) is 20.2. The molecule has 184 valence electrons. The molecule has 0 spiro atoms. The number of hydrogen-bond donors (Lipinski definition) is 3. The molecule has 3 rings (SSSR count). The Morgan fingerprint density at radius 1 is 1.32 bits per heavy atom. The van der Waals surface area contributed by atoms with Gasteiger partial charge in [-0.05, 0) is 70.7 Å². The van der Waals surface area contributed by atoms with Crippen LogP contribution >= 0.6 is 11.8 Å². The smallest absolute Gasteiger partial charge is 0.255 e. The third-order valence-corrected chi connectivity index (χ3v) is 6.42. The minimum Gasteiger partial charge on any atom is -0.472 e. The highest BCUT2D eigenvalue weighted by molar-refractivity contribution is 8.02. The van der Waals surface area contributed by atoms with Gasteiger partial charge in [-0.25, -0.2) is 4.99 Å². The zero-order valence-corrected chi connectivity index (χ0v) is 21.0. The summed E-state index contributed by atoms with van der Waals surface area (Å²) in [5.41, 5.74) is -0.153. The van der Waals surface area contributed by atoms with Crippen LogP contribution in [0.15, 0.2) is 52.6 Å².